The fourth-order valence-electron chi connectivity index (χ4n) is 10.2. The highest BCUT2D eigenvalue weighted by Crippen LogP contribution is 2.74. The molecule has 0 amide bonds. The molecule has 4 fully saturated rings. The minimum atomic E-state index is -0.857. The van der Waals surface area contributed by atoms with Crippen LogP contribution in [0.4, 0.5) is 0 Å². The summed E-state index contributed by atoms with van der Waals surface area (Å²) in [7, 11) is 0. The van der Waals surface area contributed by atoms with Crippen LogP contribution in [0.2, 0.25) is 0 Å². The summed E-state index contributed by atoms with van der Waals surface area (Å²) in [4.78, 5) is 0. The van der Waals surface area contributed by atoms with E-state index in [0.29, 0.717) is 18.3 Å². The summed E-state index contributed by atoms with van der Waals surface area (Å²) in [5, 5.41) is 32.3. The molecule has 0 radical (unpaired) electrons. The van der Waals surface area contributed by atoms with E-state index in [4.69, 9.17) is 4.74 Å². The molecule has 0 aromatic carbocycles. The molecule has 0 aromatic heterocycles. The molecule has 4 nitrogen and oxygen atoms in total. The van der Waals surface area contributed by atoms with Gasteiger partial charge in [-0.2, -0.15) is 0 Å². The molecule has 3 N–H and O–H groups in total. The minimum absolute atomic E-state index is 0.0717. The van der Waals surface area contributed by atoms with Crippen LogP contribution in [0.15, 0.2) is 23.0 Å². The van der Waals surface area contributed by atoms with Crippen molar-refractivity contribution in [3.8, 4) is 0 Å². The molecular weight excluding hydrogens is 424 g/mol. The molecule has 4 heteroatoms. The van der Waals surface area contributed by atoms with E-state index in [2.05, 4.69) is 47.6 Å². The van der Waals surface area contributed by atoms with Gasteiger partial charge in [0.05, 0.1) is 24.6 Å². The molecule has 1 saturated heterocycles. The Hall–Kier alpha value is -0.840. The van der Waals surface area contributed by atoms with Crippen LogP contribution in [-0.4, -0.2) is 39.7 Å². The van der Waals surface area contributed by atoms with Gasteiger partial charge in [-0.05, 0) is 99.4 Å². The van der Waals surface area contributed by atoms with Gasteiger partial charge in [0.1, 0.15) is 5.60 Å². The Morgan fingerprint density at radius 2 is 1.71 bits per heavy atom. The Balaban J connectivity index is 1.53. The maximum atomic E-state index is 11.0. The van der Waals surface area contributed by atoms with E-state index in [0.717, 1.165) is 32.1 Å². The molecule has 1 heterocycles. The smallest absolute Gasteiger partial charge is 0.113 e. The summed E-state index contributed by atoms with van der Waals surface area (Å²) in [6, 6.07) is 0. The number of rotatable bonds is 2. The van der Waals surface area contributed by atoms with Crippen molar-refractivity contribution in [3.63, 3.8) is 0 Å². The minimum Gasteiger partial charge on any atom is -0.491 e. The summed E-state index contributed by atoms with van der Waals surface area (Å²) in [5.74, 6) is 2.32. The highest BCUT2D eigenvalue weighted by atomic mass is 16.5. The second kappa shape index (κ2) is 7.59. The van der Waals surface area contributed by atoms with Gasteiger partial charge in [-0.1, -0.05) is 39.3 Å². The van der Waals surface area contributed by atoms with Gasteiger partial charge in [0.25, 0.3) is 0 Å². The molecule has 3 saturated carbocycles. The third kappa shape index (κ3) is 2.94. The number of hydrogen-bond donors (Lipinski definition) is 3. The monoisotopic (exact) mass is 472 g/mol. The summed E-state index contributed by atoms with van der Waals surface area (Å²) in [6.45, 7) is 16.0. The van der Waals surface area contributed by atoms with Crippen LogP contribution in [0, 0.1) is 39.4 Å². The maximum Gasteiger partial charge on any atom is 0.113 e. The first-order chi connectivity index (χ1) is 15.8. The van der Waals surface area contributed by atoms with Crippen molar-refractivity contribution in [1.29, 1.82) is 0 Å². The Morgan fingerprint density at radius 1 is 1.00 bits per heavy atom. The second-order valence-electron chi connectivity index (χ2n) is 14.1. The summed E-state index contributed by atoms with van der Waals surface area (Å²) in [5.41, 5.74) is 2.35. The quantitative estimate of drug-likeness (QED) is 0.447. The maximum absolute atomic E-state index is 11.0. The lowest BCUT2D eigenvalue weighted by atomic mass is 9.36. The van der Waals surface area contributed by atoms with Crippen molar-refractivity contribution in [1.82, 2.24) is 0 Å². The van der Waals surface area contributed by atoms with Crippen molar-refractivity contribution in [3.05, 3.63) is 23.0 Å². The van der Waals surface area contributed by atoms with Gasteiger partial charge in [-0.3, -0.25) is 0 Å². The van der Waals surface area contributed by atoms with Crippen LogP contribution < -0.4 is 0 Å². The highest BCUT2D eigenvalue weighted by Gasteiger charge is 2.69. The molecule has 5 rings (SSSR count). The zero-order valence-corrected chi connectivity index (χ0v) is 22.6. The first kappa shape index (κ1) is 24.8. The van der Waals surface area contributed by atoms with Gasteiger partial charge in [0, 0.05) is 17.8 Å². The number of aliphatic hydroxyl groups is 3. The molecule has 10 atom stereocenters. The second-order valence-corrected chi connectivity index (χ2v) is 14.1. The van der Waals surface area contributed by atoms with Crippen LogP contribution in [0.3, 0.4) is 0 Å². The lowest BCUT2D eigenvalue weighted by Gasteiger charge is -2.69. The standard InChI is InChI=1S/C30H48O4/c1-18(2)22-11-15-30(7,34-22)20-10-13-28(5)19(20)8-9-24-26(3)16-21(32)25(33)27(4,17-31)23(26)12-14-29(24,28)6/h8,20-21,23-25,31-33H,9-17H2,1-7H3/t20-,21+,23+,24+,25-,26-,27+,28+,29+,30-/m0/s1. The zero-order valence-electron chi connectivity index (χ0n) is 22.6. The van der Waals surface area contributed by atoms with Crippen molar-refractivity contribution in [2.24, 2.45) is 39.4 Å². The lowest BCUT2D eigenvalue weighted by molar-refractivity contribution is -0.238. The van der Waals surface area contributed by atoms with Crippen LogP contribution >= 0.6 is 0 Å². The van der Waals surface area contributed by atoms with E-state index in [1.807, 2.05) is 6.92 Å². The topological polar surface area (TPSA) is 69.9 Å². The van der Waals surface area contributed by atoms with Gasteiger partial charge in [0.15, 0.2) is 0 Å². The zero-order chi connectivity index (χ0) is 24.9. The first-order valence-corrected chi connectivity index (χ1v) is 13.8. The lowest BCUT2D eigenvalue weighted by Crippen LogP contribution is -2.66. The molecule has 1 aliphatic heterocycles. The number of fused-ring (bicyclic) bond motifs is 5. The summed E-state index contributed by atoms with van der Waals surface area (Å²) in [6.07, 6.45) is 9.26. The van der Waals surface area contributed by atoms with E-state index in [1.54, 1.807) is 5.57 Å². The van der Waals surface area contributed by atoms with Gasteiger partial charge in [-0.15, -0.1) is 0 Å². The van der Waals surface area contributed by atoms with Crippen LogP contribution in [-0.2, 0) is 4.74 Å². The number of ether oxygens (including phenoxy) is 1. The van der Waals surface area contributed by atoms with Crippen molar-refractivity contribution < 1.29 is 20.1 Å². The van der Waals surface area contributed by atoms with Gasteiger partial charge in [-0.25, -0.2) is 0 Å². The third-order valence-corrected chi connectivity index (χ3v) is 12.4. The largest absolute Gasteiger partial charge is 0.491 e. The van der Waals surface area contributed by atoms with Gasteiger partial charge < -0.3 is 20.1 Å². The normalized spacial score (nSPS) is 54.6. The van der Waals surface area contributed by atoms with E-state index < -0.39 is 17.6 Å². The fraction of sp³-hybridized carbons (Fsp3) is 0.867. The Bertz CT molecular complexity index is 919. The SMILES string of the molecule is CC(C)=C1CC[C@@](C)([C@H]2CC[C@]3(C)C2=CC[C@@H]2[C@@]4(C)C[C@@H](O)[C@H](O)[C@](C)(CO)[C@@H]4CC[C@]23C)O1. The van der Waals surface area contributed by atoms with E-state index in [1.165, 1.54) is 24.2 Å². The molecule has 5 aliphatic rings. The van der Waals surface area contributed by atoms with Crippen molar-refractivity contribution >= 4 is 0 Å². The number of allylic oxidation sites excluding steroid dienone is 3. The average Bonchev–Trinajstić information content (AvgIpc) is 3.34. The molecule has 0 aromatic rings. The van der Waals surface area contributed by atoms with E-state index in [-0.39, 0.29) is 34.4 Å². The Morgan fingerprint density at radius 3 is 2.32 bits per heavy atom. The van der Waals surface area contributed by atoms with Crippen LogP contribution in [0.1, 0.15) is 99.8 Å². The first-order valence-electron chi connectivity index (χ1n) is 13.8. The van der Waals surface area contributed by atoms with Gasteiger partial charge >= 0.3 is 0 Å². The van der Waals surface area contributed by atoms with E-state index in [9.17, 15) is 15.3 Å². The molecule has 34 heavy (non-hydrogen) atoms. The summed E-state index contributed by atoms with van der Waals surface area (Å²) >= 11 is 0. The van der Waals surface area contributed by atoms with Crippen LogP contribution in [0.25, 0.3) is 0 Å². The number of hydrogen-bond acceptors (Lipinski definition) is 4. The van der Waals surface area contributed by atoms with Crippen molar-refractivity contribution in [2.45, 2.75) is 118 Å². The molecular formula is C30H48O4. The fourth-order valence-corrected chi connectivity index (χ4v) is 10.2. The molecule has 0 bridgehead atoms. The molecule has 0 unspecified atom stereocenters. The van der Waals surface area contributed by atoms with Crippen LogP contribution in [0.5, 0.6) is 0 Å². The molecule has 192 valence electrons. The highest BCUT2D eigenvalue weighted by molar-refractivity contribution is 5.35. The number of aliphatic hydroxyl groups excluding tert-OH is 3. The molecule has 4 aliphatic carbocycles. The predicted molar refractivity (Wildman–Crippen MR) is 135 cm³/mol. The Labute approximate surface area is 206 Å². The van der Waals surface area contributed by atoms with Gasteiger partial charge in [0.2, 0.25) is 0 Å². The Kier molecular flexibility index (Phi) is 5.54. The van der Waals surface area contributed by atoms with E-state index >= 15 is 0 Å². The molecule has 0 spiro atoms. The van der Waals surface area contributed by atoms with Crippen molar-refractivity contribution in [2.75, 3.05) is 6.61 Å². The third-order valence-electron chi connectivity index (χ3n) is 12.4. The predicted octanol–water partition coefficient (Wildman–Crippen LogP) is 5.76. The summed E-state index contributed by atoms with van der Waals surface area (Å²) < 4.78 is 6.68. The average molecular weight is 473 g/mol.